The summed E-state index contributed by atoms with van der Waals surface area (Å²) >= 11 is 2.84. The lowest BCUT2D eigenvalue weighted by molar-refractivity contribution is -0.121. The van der Waals surface area contributed by atoms with E-state index < -0.39 is 0 Å². The number of nitrogens with zero attached hydrogens (tertiary/aromatic N) is 2. The molecule has 1 aliphatic heterocycles. The molecule has 8 heteroatoms. The zero-order valence-electron chi connectivity index (χ0n) is 16.9. The van der Waals surface area contributed by atoms with Gasteiger partial charge in [0.15, 0.2) is 0 Å². The highest BCUT2D eigenvalue weighted by atomic mass is 32.2. The number of fused-ring (bicyclic) bond motifs is 1. The Bertz CT molecular complexity index is 1200. The van der Waals surface area contributed by atoms with Crippen LogP contribution in [0.25, 0.3) is 22.2 Å². The number of nitrogens with one attached hydrogen (secondary N) is 2. The van der Waals surface area contributed by atoms with Crippen LogP contribution in [0.2, 0.25) is 0 Å². The number of hydrogen-bond donors (Lipinski definition) is 3. The van der Waals surface area contributed by atoms with Crippen LogP contribution < -0.4 is 10.5 Å². The van der Waals surface area contributed by atoms with Crippen molar-refractivity contribution in [1.29, 1.82) is 0 Å². The second-order valence-corrected chi connectivity index (χ2v) is 9.16. The monoisotopic (exact) mass is 449 g/mol. The van der Waals surface area contributed by atoms with Crippen molar-refractivity contribution in [2.75, 3.05) is 18.4 Å². The molecule has 1 fully saturated rings. The first kappa shape index (κ1) is 20.3. The maximum absolute atomic E-state index is 13.3. The van der Waals surface area contributed by atoms with Gasteiger partial charge in [0.25, 0.3) is 0 Å². The average Bonchev–Trinajstić information content (AvgIpc) is 3.56. The number of rotatable bonds is 6. The molecule has 1 atom stereocenters. The molecule has 6 nitrogen and oxygen atoms in total. The minimum absolute atomic E-state index is 0.00576. The van der Waals surface area contributed by atoms with Gasteiger partial charge < -0.3 is 5.32 Å². The number of aromatic nitrogens is 2. The van der Waals surface area contributed by atoms with E-state index in [1.165, 1.54) is 11.9 Å². The standard InChI is InChI=1S/C23H23N5OS2/c24-31-18-5-3-4-15(12-18)21-19-13-17(6-7-20(19)26-27-21)25-23(29)22(16-8-11-30-14-16)28-9-1-2-10-28/h3-8,11-14,22H,1-2,9-10,24H2,(H,25,29)(H,26,27). The molecule has 1 aliphatic rings. The molecule has 2 aromatic carbocycles. The molecule has 4 N–H and O–H groups in total. The van der Waals surface area contributed by atoms with Gasteiger partial charge in [-0.05, 0) is 90.6 Å². The van der Waals surface area contributed by atoms with E-state index in [1.807, 2.05) is 53.9 Å². The second-order valence-electron chi connectivity index (χ2n) is 7.67. The van der Waals surface area contributed by atoms with Gasteiger partial charge in [-0.15, -0.1) is 0 Å². The van der Waals surface area contributed by atoms with E-state index in [-0.39, 0.29) is 11.9 Å². The van der Waals surface area contributed by atoms with E-state index in [0.29, 0.717) is 0 Å². The number of carbonyl (C=O) groups excluding carboxylic acids is 1. The van der Waals surface area contributed by atoms with Gasteiger partial charge in [-0.1, -0.05) is 12.1 Å². The predicted molar refractivity (Wildman–Crippen MR) is 128 cm³/mol. The summed E-state index contributed by atoms with van der Waals surface area (Å²) < 4.78 is 0. The van der Waals surface area contributed by atoms with Gasteiger partial charge >= 0.3 is 0 Å². The van der Waals surface area contributed by atoms with Gasteiger partial charge in [0.05, 0.1) is 5.52 Å². The van der Waals surface area contributed by atoms with Crippen molar-refractivity contribution in [1.82, 2.24) is 15.1 Å². The lowest BCUT2D eigenvalue weighted by Crippen LogP contribution is -2.35. The minimum Gasteiger partial charge on any atom is -0.324 e. The van der Waals surface area contributed by atoms with Crippen molar-refractivity contribution in [3.8, 4) is 11.3 Å². The van der Waals surface area contributed by atoms with Gasteiger partial charge in [-0.25, -0.2) is 0 Å². The van der Waals surface area contributed by atoms with Crippen molar-refractivity contribution in [3.05, 3.63) is 64.9 Å². The summed E-state index contributed by atoms with van der Waals surface area (Å²) in [5.74, 6) is 0.00576. The Morgan fingerprint density at radius 3 is 2.84 bits per heavy atom. The molecule has 5 rings (SSSR count). The Morgan fingerprint density at radius 2 is 2.06 bits per heavy atom. The molecular formula is C23H23N5OS2. The third-order valence-corrected chi connectivity index (χ3v) is 6.91. The Labute approximate surface area is 189 Å². The number of hydrogen-bond acceptors (Lipinski definition) is 6. The van der Waals surface area contributed by atoms with Crippen LogP contribution in [0.1, 0.15) is 24.4 Å². The lowest BCUT2D eigenvalue weighted by atomic mass is 10.1. The smallest absolute Gasteiger partial charge is 0.246 e. The summed E-state index contributed by atoms with van der Waals surface area (Å²) in [6, 6.07) is 15.6. The highest BCUT2D eigenvalue weighted by Gasteiger charge is 2.30. The summed E-state index contributed by atoms with van der Waals surface area (Å²) in [6.07, 6.45) is 2.27. The van der Waals surface area contributed by atoms with Gasteiger partial charge in [-0.2, -0.15) is 16.4 Å². The van der Waals surface area contributed by atoms with E-state index in [1.54, 1.807) is 11.3 Å². The first-order valence-corrected chi connectivity index (χ1v) is 12.1. The fraction of sp³-hybridized carbons (Fsp3) is 0.217. The summed E-state index contributed by atoms with van der Waals surface area (Å²) in [7, 11) is 0. The van der Waals surface area contributed by atoms with Crippen molar-refractivity contribution < 1.29 is 4.79 Å². The Kier molecular flexibility index (Phi) is 5.78. The van der Waals surface area contributed by atoms with E-state index >= 15 is 0 Å². The van der Waals surface area contributed by atoms with Crippen LogP contribution >= 0.6 is 23.3 Å². The van der Waals surface area contributed by atoms with Crippen molar-refractivity contribution in [3.63, 3.8) is 0 Å². The molecule has 1 amide bonds. The van der Waals surface area contributed by atoms with Crippen LogP contribution in [0, 0.1) is 0 Å². The molecule has 0 aliphatic carbocycles. The third kappa shape index (κ3) is 4.12. The Morgan fingerprint density at radius 1 is 1.19 bits per heavy atom. The lowest BCUT2D eigenvalue weighted by Gasteiger charge is -2.26. The van der Waals surface area contributed by atoms with Gasteiger partial charge in [-0.3, -0.25) is 19.9 Å². The van der Waals surface area contributed by atoms with Gasteiger partial charge in [0, 0.05) is 21.5 Å². The molecular weight excluding hydrogens is 426 g/mol. The summed E-state index contributed by atoms with van der Waals surface area (Å²) in [5.41, 5.74) is 4.58. The predicted octanol–water partition coefficient (Wildman–Crippen LogP) is 5.03. The number of amides is 1. The molecule has 0 saturated carbocycles. The second kappa shape index (κ2) is 8.84. The molecule has 1 unspecified atom stereocenters. The highest BCUT2D eigenvalue weighted by molar-refractivity contribution is 7.97. The largest absolute Gasteiger partial charge is 0.324 e. The Balaban J connectivity index is 1.45. The first-order chi connectivity index (χ1) is 15.2. The van der Waals surface area contributed by atoms with Gasteiger partial charge in [0.2, 0.25) is 5.91 Å². The van der Waals surface area contributed by atoms with E-state index in [9.17, 15) is 4.79 Å². The highest BCUT2D eigenvalue weighted by Crippen LogP contribution is 2.32. The number of aromatic amines is 1. The van der Waals surface area contributed by atoms with Crippen LogP contribution in [-0.4, -0.2) is 34.1 Å². The van der Waals surface area contributed by atoms with E-state index in [0.717, 1.165) is 64.2 Å². The van der Waals surface area contributed by atoms with Crippen LogP contribution in [0.3, 0.4) is 0 Å². The number of H-pyrrole nitrogens is 1. The molecule has 31 heavy (non-hydrogen) atoms. The summed E-state index contributed by atoms with van der Waals surface area (Å²) in [5, 5.41) is 21.5. The number of carbonyl (C=O) groups is 1. The molecule has 0 bridgehead atoms. The quantitative estimate of drug-likeness (QED) is 0.359. The van der Waals surface area contributed by atoms with Gasteiger partial charge in [0.1, 0.15) is 11.7 Å². The molecule has 0 spiro atoms. The summed E-state index contributed by atoms with van der Waals surface area (Å²) in [6.45, 7) is 1.91. The van der Waals surface area contributed by atoms with Crippen molar-refractivity contribution >= 4 is 45.8 Å². The average molecular weight is 450 g/mol. The third-order valence-electron chi connectivity index (χ3n) is 5.69. The zero-order valence-corrected chi connectivity index (χ0v) is 18.5. The van der Waals surface area contributed by atoms with Crippen LogP contribution in [-0.2, 0) is 4.79 Å². The van der Waals surface area contributed by atoms with Crippen LogP contribution in [0.4, 0.5) is 5.69 Å². The maximum Gasteiger partial charge on any atom is 0.246 e. The normalized spacial score (nSPS) is 15.4. The van der Waals surface area contributed by atoms with Crippen LogP contribution in [0.5, 0.6) is 0 Å². The van der Waals surface area contributed by atoms with E-state index in [4.69, 9.17) is 5.14 Å². The minimum atomic E-state index is -0.258. The molecule has 158 valence electrons. The number of benzene rings is 2. The van der Waals surface area contributed by atoms with Crippen molar-refractivity contribution in [2.24, 2.45) is 5.14 Å². The number of likely N-dealkylation sites (tertiary alicyclic amines) is 1. The van der Waals surface area contributed by atoms with Crippen LogP contribution in [0.15, 0.2) is 64.2 Å². The molecule has 0 radical (unpaired) electrons. The van der Waals surface area contributed by atoms with Crippen molar-refractivity contribution in [2.45, 2.75) is 23.8 Å². The maximum atomic E-state index is 13.3. The first-order valence-electron chi connectivity index (χ1n) is 10.3. The Hall–Kier alpha value is -2.65. The number of nitrogens with two attached hydrogens (primary N) is 1. The molecule has 3 heterocycles. The summed E-state index contributed by atoms with van der Waals surface area (Å²) in [4.78, 5) is 16.6. The SMILES string of the molecule is NSc1cccc(-c2n[nH]c3ccc(NC(=O)C(c4ccsc4)N4CCCC4)cc23)c1. The topological polar surface area (TPSA) is 87.0 Å². The fourth-order valence-electron chi connectivity index (χ4n) is 4.20. The number of anilines is 1. The number of thiophene rings is 1. The molecule has 1 saturated heterocycles. The van der Waals surface area contributed by atoms with E-state index in [2.05, 4.69) is 25.8 Å². The molecule has 2 aromatic heterocycles. The fourth-order valence-corrected chi connectivity index (χ4v) is 5.23. The zero-order chi connectivity index (χ0) is 21.2. The molecule has 4 aromatic rings.